The molecule has 28 heavy (non-hydrogen) atoms. The number of primary amides is 1. The van der Waals surface area contributed by atoms with Crippen LogP contribution >= 0.6 is 0 Å². The second-order valence-electron chi connectivity index (χ2n) is 6.52. The van der Waals surface area contributed by atoms with Gasteiger partial charge in [-0.25, -0.2) is 0 Å². The summed E-state index contributed by atoms with van der Waals surface area (Å²) in [6.07, 6.45) is 1.69. The monoisotopic (exact) mass is 379 g/mol. The highest BCUT2D eigenvalue weighted by Gasteiger charge is 2.20. The Morgan fingerprint density at radius 2 is 1.68 bits per heavy atom. The van der Waals surface area contributed by atoms with Crippen molar-refractivity contribution in [1.29, 1.82) is 0 Å². The summed E-state index contributed by atoms with van der Waals surface area (Å²) in [6.45, 7) is 3.74. The molecule has 0 atom stereocenters. The van der Waals surface area contributed by atoms with E-state index in [4.69, 9.17) is 5.73 Å². The van der Waals surface area contributed by atoms with Crippen molar-refractivity contribution in [2.45, 2.75) is 26.8 Å². The third-order valence-electron chi connectivity index (χ3n) is 4.16. The number of rotatable bonds is 8. The lowest BCUT2D eigenvalue weighted by Crippen LogP contribution is -2.39. The Labute approximate surface area is 165 Å². The molecule has 0 aromatic heterocycles. The highest BCUT2D eigenvalue weighted by Crippen LogP contribution is 2.14. The van der Waals surface area contributed by atoms with Crippen molar-refractivity contribution in [2.75, 3.05) is 6.54 Å². The van der Waals surface area contributed by atoms with Crippen molar-refractivity contribution in [2.24, 2.45) is 5.73 Å². The Kier molecular flexibility index (Phi) is 7.51. The van der Waals surface area contributed by atoms with Crippen LogP contribution in [-0.2, 0) is 20.9 Å². The van der Waals surface area contributed by atoms with Crippen molar-refractivity contribution in [1.82, 2.24) is 10.2 Å². The molecule has 0 bridgehead atoms. The molecule has 2 aromatic carbocycles. The normalized spacial score (nSPS) is 11.0. The SMILES string of the molecule is CC(=O)N/C(=C\c1ccccc1C)C(=O)N(CCC(N)=O)Cc1ccccc1. The number of hydrogen-bond acceptors (Lipinski definition) is 3. The molecule has 6 heteroatoms. The van der Waals surface area contributed by atoms with Gasteiger partial charge in [-0.2, -0.15) is 0 Å². The van der Waals surface area contributed by atoms with Crippen LogP contribution in [0.25, 0.3) is 6.08 Å². The molecule has 0 saturated heterocycles. The van der Waals surface area contributed by atoms with Crippen LogP contribution in [0.4, 0.5) is 0 Å². The second kappa shape index (κ2) is 10.1. The lowest BCUT2D eigenvalue weighted by atomic mass is 10.1. The van der Waals surface area contributed by atoms with Crippen LogP contribution in [0, 0.1) is 6.92 Å². The molecule has 3 N–H and O–H groups in total. The molecule has 0 aliphatic heterocycles. The van der Waals surface area contributed by atoms with Gasteiger partial charge in [0, 0.05) is 26.4 Å². The van der Waals surface area contributed by atoms with Gasteiger partial charge in [-0.05, 0) is 29.7 Å². The minimum Gasteiger partial charge on any atom is -0.370 e. The molecule has 6 nitrogen and oxygen atoms in total. The van der Waals surface area contributed by atoms with Gasteiger partial charge < -0.3 is 16.0 Å². The minimum atomic E-state index is -0.491. The van der Waals surface area contributed by atoms with Gasteiger partial charge in [-0.3, -0.25) is 14.4 Å². The molecule has 0 saturated carbocycles. The molecule has 0 unspecified atom stereocenters. The topological polar surface area (TPSA) is 92.5 Å². The van der Waals surface area contributed by atoms with Gasteiger partial charge in [0.05, 0.1) is 0 Å². The van der Waals surface area contributed by atoms with E-state index >= 15 is 0 Å². The first kappa shape index (κ1) is 20.9. The number of nitrogens with zero attached hydrogens (tertiary/aromatic N) is 1. The Bertz CT molecular complexity index is 876. The third kappa shape index (κ3) is 6.39. The molecular weight excluding hydrogens is 354 g/mol. The van der Waals surface area contributed by atoms with E-state index in [1.165, 1.54) is 11.8 Å². The lowest BCUT2D eigenvalue weighted by molar-refractivity contribution is -0.130. The lowest BCUT2D eigenvalue weighted by Gasteiger charge is -2.24. The fourth-order valence-electron chi connectivity index (χ4n) is 2.72. The van der Waals surface area contributed by atoms with Gasteiger partial charge in [0.1, 0.15) is 5.70 Å². The number of nitrogens with one attached hydrogen (secondary N) is 1. The van der Waals surface area contributed by atoms with Gasteiger partial charge in [-0.1, -0.05) is 54.6 Å². The van der Waals surface area contributed by atoms with Crippen LogP contribution in [0.2, 0.25) is 0 Å². The van der Waals surface area contributed by atoms with Crippen molar-refractivity contribution in [3.05, 3.63) is 77.0 Å². The second-order valence-corrected chi connectivity index (χ2v) is 6.52. The van der Waals surface area contributed by atoms with E-state index in [1.54, 1.807) is 6.08 Å². The maximum Gasteiger partial charge on any atom is 0.270 e. The fourth-order valence-corrected chi connectivity index (χ4v) is 2.72. The molecule has 0 aliphatic carbocycles. The molecule has 2 aromatic rings. The van der Waals surface area contributed by atoms with Crippen LogP contribution in [0.5, 0.6) is 0 Å². The molecule has 0 fully saturated rings. The number of aryl methyl sites for hydroxylation is 1. The molecule has 0 spiro atoms. The first-order valence-electron chi connectivity index (χ1n) is 9.03. The highest BCUT2D eigenvalue weighted by molar-refractivity contribution is 6.01. The Hall–Kier alpha value is -3.41. The Morgan fingerprint density at radius 1 is 1.04 bits per heavy atom. The zero-order valence-corrected chi connectivity index (χ0v) is 16.1. The Morgan fingerprint density at radius 3 is 2.29 bits per heavy atom. The van der Waals surface area contributed by atoms with Gasteiger partial charge >= 0.3 is 0 Å². The van der Waals surface area contributed by atoms with Crippen LogP contribution < -0.4 is 11.1 Å². The summed E-state index contributed by atoms with van der Waals surface area (Å²) in [4.78, 5) is 37.7. The molecule has 3 amide bonds. The minimum absolute atomic E-state index is 0.0380. The van der Waals surface area contributed by atoms with E-state index in [1.807, 2.05) is 61.5 Å². The van der Waals surface area contributed by atoms with Crippen molar-refractivity contribution in [3.63, 3.8) is 0 Å². The maximum atomic E-state index is 13.2. The van der Waals surface area contributed by atoms with Crippen LogP contribution in [0.1, 0.15) is 30.0 Å². The highest BCUT2D eigenvalue weighted by atomic mass is 16.2. The van der Waals surface area contributed by atoms with Crippen molar-refractivity contribution < 1.29 is 14.4 Å². The van der Waals surface area contributed by atoms with E-state index in [-0.39, 0.29) is 30.5 Å². The summed E-state index contributed by atoms with van der Waals surface area (Å²) in [5.74, 6) is -1.21. The number of hydrogen-bond donors (Lipinski definition) is 2. The molecule has 0 radical (unpaired) electrons. The number of carbonyl (C=O) groups is 3. The third-order valence-corrected chi connectivity index (χ3v) is 4.16. The quantitative estimate of drug-likeness (QED) is 0.690. The number of nitrogens with two attached hydrogens (primary N) is 1. The molecule has 2 rings (SSSR count). The predicted molar refractivity (Wildman–Crippen MR) is 109 cm³/mol. The number of amides is 3. The first-order chi connectivity index (χ1) is 13.4. The van der Waals surface area contributed by atoms with Crippen LogP contribution in [0.15, 0.2) is 60.3 Å². The summed E-state index contributed by atoms with van der Waals surface area (Å²) in [5, 5.41) is 2.62. The van der Waals surface area contributed by atoms with E-state index in [0.717, 1.165) is 16.7 Å². The zero-order valence-electron chi connectivity index (χ0n) is 16.1. The van der Waals surface area contributed by atoms with E-state index < -0.39 is 5.91 Å². The van der Waals surface area contributed by atoms with Gasteiger partial charge in [-0.15, -0.1) is 0 Å². The summed E-state index contributed by atoms with van der Waals surface area (Å²) < 4.78 is 0. The molecule has 0 aliphatic rings. The van der Waals surface area contributed by atoms with E-state index in [9.17, 15) is 14.4 Å². The zero-order chi connectivity index (χ0) is 20.5. The average molecular weight is 379 g/mol. The van der Waals surface area contributed by atoms with Gasteiger partial charge in [0.15, 0.2) is 0 Å². The predicted octanol–water partition coefficient (Wildman–Crippen LogP) is 2.38. The Balaban J connectivity index is 2.36. The van der Waals surface area contributed by atoms with Crippen molar-refractivity contribution in [3.8, 4) is 0 Å². The summed E-state index contributed by atoms with van der Waals surface area (Å²) >= 11 is 0. The standard InChI is InChI=1S/C22H25N3O3/c1-16-8-6-7-11-19(16)14-20(24-17(2)26)22(28)25(13-12-21(23)27)15-18-9-4-3-5-10-18/h3-11,14H,12-13,15H2,1-2H3,(H2,23,27)(H,24,26)/b20-14-. The first-order valence-corrected chi connectivity index (χ1v) is 9.03. The molecule has 146 valence electrons. The van der Waals surface area contributed by atoms with Gasteiger partial charge in [0.25, 0.3) is 5.91 Å². The molecular formula is C22H25N3O3. The van der Waals surface area contributed by atoms with Crippen LogP contribution in [-0.4, -0.2) is 29.2 Å². The summed E-state index contributed by atoms with van der Waals surface area (Å²) in [6, 6.07) is 17.0. The van der Waals surface area contributed by atoms with Gasteiger partial charge in [0.2, 0.25) is 11.8 Å². The summed E-state index contributed by atoms with van der Waals surface area (Å²) in [5.41, 5.74) is 8.15. The number of benzene rings is 2. The van der Waals surface area contributed by atoms with Crippen LogP contribution in [0.3, 0.4) is 0 Å². The van der Waals surface area contributed by atoms with Crippen molar-refractivity contribution >= 4 is 23.8 Å². The van der Waals surface area contributed by atoms with E-state index in [0.29, 0.717) is 6.54 Å². The number of carbonyl (C=O) groups excluding carboxylic acids is 3. The summed E-state index contributed by atoms with van der Waals surface area (Å²) in [7, 11) is 0. The average Bonchev–Trinajstić information content (AvgIpc) is 2.66. The maximum absolute atomic E-state index is 13.2. The fraction of sp³-hybridized carbons (Fsp3) is 0.227. The van der Waals surface area contributed by atoms with E-state index in [2.05, 4.69) is 5.32 Å². The molecule has 0 heterocycles. The largest absolute Gasteiger partial charge is 0.370 e. The smallest absolute Gasteiger partial charge is 0.270 e.